The van der Waals surface area contributed by atoms with E-state index in [-0.39, 0.29) is 0 Å². The van der Waals surface area contributed by atoms with Crippen molar-refractivity contribution in [3.05, 3.63) is 20.3 Å². The van der Waals surface area contributed by atoms with Crippen LogP contribution in [0.1, 0.15) is 27.9 Å². The summed E-state index contributed by atoms with van der Waals surface area (Å²) in [5, 5.41) is 0. The van der Waals surface area contributed by atoms with E-state index >= 15 is 0 Å². The highest BCUT2D eigenvalue weighted by molar-refractivity contribution is 9.11. The van der Waals surface area contributed by atoms with E-state index in [0.29, 0.717) is 4.83 Å². The molecule has 1 saturated carbocycles. The highest BCUT2D eigenvalue weighted by Crippen LogP contribution is 2.53. The summed E-state index contributed by atoms with van der Waals surface area (Å²) in [4.78, 5) is 3.42. The third kappa shape index (κ3) is 2.02. The van der Waals surface area contributed by atoms with Crippen LogP contribution in [0.2, 0.25) is 0 Å². The number of hydrogen-bond acceptors (Lipinski definition) is 1. The second-order valence-corrected chi connectivity index (χ2v) is 6.98. The zero-order valence-electron chi connectivity index (χ0n) is 7.68. The summed E-state index contributed by atoms with van der Waals surface area (Å²) in [6.07, 6.45) is 1.37. The predicted molar refractivity (Wildman–Crippen MR) is 65.7 cm³/mol. The first kappa shape index (κ1) is 10.2. The number of halogens is 2. The van der Waals surface area contributed by atoms with Gasteiger partial charge in [0, 0.05) is 14.2 Å². The highest BCUT2D eigenvalue weighted by atomic mass is 79.9. The lowest BCUT2D eigenvalue weighted by atomic mass is 10.2. The van der Waals surface area contributed by atoms with Gasteiger partial charge < -0.3 is 0 Å². The van der Waals surface area contributed by atoms with Crippen LogP contribution in [0.4, 0.5) is 0 Å². The number of thiophene rings is 1. The lowest BCUT2D eigenvalue weighted by molar-refractivity contribution is 0.747. The maximum Gasteiger partial charge on any atom is 0.0531 e. The highest BCUT2D eigenvalue weighted by Gasteiger charge is 2.40. The summed E-state index contributed by atoms with van der Waals surface area (Å²) < 4.78 is 1.27. The average molecular weight is 324 g/mol. The average Bonchev–Trinajstić information content (AvgIpc) is 2.67. The molecule has 0 bridgehead atoms. The first-order valence-corrected chi connectivity index (χ1v) is 7.02. The van der Waals surface area contributed by atoms with Crippen LogP contribution in [0.5, 0.6) is 0 Å². The minimum Gasteiger partial charge on any atom is -0.143 e. The van der Waals surface area contributed by atoms with E-state index < -0.39 is 0 Å². The van der Waals surface area contributed by atoms with Crippen molar-refractivity contribution in [2.75, 3.05) is 0 Å². The van der Waals surface area contributed by atoms with Gasteiger partial charge in [-0.15, -0.1) is 11.3 Å². The Kier molecular flexibility index (Phi) is 2.87. The molecule has 1 aliphatic carbocycles. The Morgan fingerprint density at radius 2 is 2.23 bits per heavy atom. The third-order valence-corrected chi connectivity index (χ3v) is 6.13. The summed E-state index contributed by atoms with van der Waals surface area (Å²) in [6.45, 7) is 4.49. The van der Waals surface area contributed by atoms with Crippen LogP contribution < -0.4 is 0 Å². The van der Waals surface area contributed by atoms with E-state index in [2.05, 4.69) is 51.8 Å². The molecule has 0 amide bonds. The summed E-state index contributed by atoms with van der Waals surface area (Å²) >= 11 is 9.31. The Balaban J connectivity index is 2.19. The van der Waals surface area contributed by atoms with Gasteiger partial charge >= 0.3 is 0 Å². The van der Waals surface area contributed by atoms with Crippen LogP contribution in [0.25, 0.3) is 0 Å². The summed E-state index contributed by atoms with van der Waals surface area (Å²) in [5.41, 5.74) is 0. The molecule has 3 atom stereocenters. The number of rotatable bonds is 2. The molecule has 3 unspecified atom stereocenters. The van der Waals surface area contributed by atoms with Crippen LogP contribution in [-0.2, 0) is 0 Å². The summed E-state index contributed by atoms with van der Waals surface area (Å²) in [5.74, 6) is 1.76. The van der Waals surface area contributed by atoms with Gasteiger partial charge in [-0.2, -0.15) is 0 Å². The van der Waals surface area contributed by atoms with Gasteiger partial charge in [0.25, 0.3) is 0 Å². The molecule has 0 radical (unpaired) electrons. The van der Waals surface area contributed by atoms with Gasteiger partial charge in [0.2, 0.25) is 0 Å². The zero-order chi connectivity index (χ0) is 9.59. The van der Waals surface area contributed by atoms with Crippen molar-refractivity contribution in [2.24, 2.45) is 11.8 Å². The van der Waals surface area contributed by atoms with Gasteiger partial charge in [0.15, 0.2) is 0 Å². The van der Waals surface area contributed by atoms with Crippen molar-refractivity contribution in [1.29, 1.82) is 0 Å². The van der Waals surface area contributed by atoms with E-state index in [1.807, 2.05) is 11.3 Å². The van der Waals surface area contributed by atoms with Gasteiger partial charge in [-0.1, -0.05) is 22.9 Å². The fraction of sp³-hybridized carbons (Fsp3) is 0.600. The second-order valence-electron chi connectivity index (χ2n) is 3.85. The van der Waals surface area contributed by atoms with Crippen LogP contribution in [0.3, 0.4) is 0 Å². The molecule has 3 heteroatoms. The standard InChI is InChI=1S/C10H12Br2S/c1-5-3-7(5)9(12)10-8(11)4-6(2)13-10/h4-5,7,9H,3H2,1-2H3. The minimum absolute atomic E-state index is 0.565. The first-order chi connectivity index (χ1) is 6.09. The second kappa shape index (κ2) is 3.67. The number of aryl methyl sites for hydroxylation is 1. The topological polar surface area (TPSA) is 0 Å². The molecule has 1 heterocycles. The van der Waals surface area contributed by atoms with E-state index in [0.717, 1.165) is 11.8 Å². The van der Waals surface area contributed by atoms with E-state index in [9.17, 15) is 0 Å². The number of hydrogen-bond donors (Lipinski definition) is 0. The molecule has 0 aromatic carbocycles. The zero-order valence-corrected chi connectivity index (χ0v) is 11.7. The third-order valence-electron chi connectivity index (χ3n) is 2.63. The van der Waals surface area contributed by atoms with Gasteiger partial charge in [-0.05, 0) is 47.2 Å². The Bertz CT molecular complexity index is 319. The molecule has 1 fully saturated rings. The molecule has 0 spiro atoms. The fourth-order valence-corrected chi connectivity index (χ4v) is 5.17. The molecule has 2 rings (SSSR count). The molecule has 0 nitrogen and oxygen atoms in total. The van der Waals surface area contributed by atoms with Crippen LogP contribution in [-0.4, -0.2) is 0 Å². The molecule has 1 aromatic heterocycles. The van der Waals surface area contributed by atoms with Crippen molar-refractivity contribution in [3.8, 4) is 0 Å². The molecule has 72 valence electrons. The van der Waals surface area contributed by atoms with E-state index in [1.54, 1.807) is 0 Å². The molecule has 13 heavy (non-hydrogen) atoms. The van der Waals surface area contributed by atoms with Crippen LogP contribution in [0.15, 0.2) is 10.5 Å². The van der Waals surface area contributed by atoms with Gasteiger partial charge in [0.05, 0.1) is 4.83 Å². The Labute approximate surface area is 100.0 Å². The molecule has 0 saturated heterocycles. The largest absolute Gasteiger partial charge is 0.143 e. The van der Waals surface area contributed by atoms with Crippen molar-refractivity contribution in [1.82, 2.24) is 0 Å². The molecule has 0 aliphatic heterocycles. The van der Waals surface area contributed by atoms with Crippen molar-refractivity contribution in [3.63, 3.8) is 0 Å². The minimum atomic E-state index is 0.565. The fourth-order valence-electron chi connectivity index (χ4n) is 1.64. The SMILES string of the molecule is Cc1cc(Br)c(C(Br)C2CC2C)s1. The quantitative estimate of drug-likeness (QED) is 0.678. The molecule has 1 aliphatic rings. The smallest absolute Gasteiger partial charge is 0.0531 e. The van der Waals surface area contributed by atoms with E-state index in [4.69, 9.17) is 0 Å². The maximum absolute atomic E-state index is 3.80. The first-order valence-electron chi connectivity index (χ1n) is 4.49. The summed E-state index contributed by atoms with van der Waals surface area (Å²) in [6, 6.07) is 2.21. The maximum atomic E-state index is 3.80. The van der Waals surface area contributed by atoms with Crippen LogP contribution >= 0.6 is 43.2 Å². The van der Waals surface area contributed by atoms with Gasteiger partial charge in [-0.3, -0.25) is 0 Å². The lowest BCUT2D eigenvalue weighted by Gasteiger charge is -2.06. The Hall–Kier alpha value is 0.660. The molecular weight excluding hydrogens is 312 g/mol. The predicted octanol–water partition coefficient (Wildman–Crippen LogP) is 4.91. The van der Waals surface area contributed by atoms with Crippen molar-refractivity contribution in [2.45, 2.75) is 25.1 Å². The summed E-state index contributed by atoms with van der Waals surface area (Å²) in [7, 11) is 0. The Morgan fingerprint density at radius 1 is 1.62 bits per heavy atom. The molecular formula is C10H12Br2S. The normalized spacial score (nSPS) is 28.9. The van der Waals surface area contributed by atoms with Crippen molar-refractivity contribution >= 4 is 43.2 Å². The Morgan fingerprint density at radius 3 is 2.62 bits per heavy atom. The molecule has 0 N–H and O–H groups in total. The van der Waals surface area contributed by atoms with Gasteiger partial charge in [0.1, 0.15) is 0 Å². The van der Waals surface area contributed by atoms with Crippen LogP contribution in [0, 0.1) is 18.8 Å². The van der Waals surface area contributed by atoms with Gasteiger partial charge in [-0.25, -0.2) is 0 Å². The number of alkyl halides is 1. The lowest BCUT2D eigenvalue weighted by Crippen LogP contribution is -1.90. The monoisotopic (exact) mass is 322 g/mol. The van der Waals surface area contributed by atoms with Crippen molar-refractivity contribution < 1.29 is 0 Å². The van der Waals surface area contributed by atoms with E-state index in [1.165, 1.54) is 20.6 Å². The molecule has 1 aromatic rings.